The minimum Gasteiger partial charge on any atom is -0.392 e. The number of aliphatic hydroxyl groups is 2. The molecule has 0 heterocycles. The van der Waals surface area contributed by atoms with Crippen LogP contribution in [-0.2, 0) is 0 Å². The van der Waals surface area contributed by atoms with Gasteiger partial charge < -0.3 is 10.2 Å². The summed E-state index contributed by atoms with van der Waals surface area (Å²) in [4.78, 5) is 0. The highest BCUT2D eigenvalue weighted by atomic mass is 16.3. The van der Waals surface area contributed by atoms with Gasteiger partial charge in [0.15, 0.2) is 0 Å². The lowest BCUT2D eigenvalue weighted by Crippen LogP contribution is -2.57. The van der Waals surface area contributed by atoms with Crippen LogP contribution in [0.15, 0.2) is 0 Å². The Morgan fingerprint density at radius 1 is 1.08 bits per heavy atom. The standard InChI is InChI=1S/C11H20O2/c1-10-5-3-6-11(2,9(10)13)8(12)4-7-10/h8-9,12-13H,3-7H2,1-2H3/t8?,9-,10-,11+/m0/s1. The Balaban J connectivity index is 2.31. The predicted molar refractivity (Wildman–Crippen MR) is 51.3 cm³/mol. The van der Waals surface area contributed by atoms with Crippen LogP contribution in [0.25, 0.3) is 0 Å². The van der Waals surface area contributed by atoms with Gasteiger partial charge in [-0.05, 0) is 31.1 Å². The van der Waals surface area contributed by atoms with Gasteiger partial charge in [0.1, 0.15) is 0 Å². The third-order valence-electron chi connectivity index (χ3n) is 4.50. The number of hydrogen-bond donors (Lipinski definition) is 2. The number of rotatable bonds is 0. The Hall–Kier alpha value is -0.0800. The maximum Gasteiger partial charge on any atom is 0.0671 e. The lowest BCUT2D eigenvalue weighted by atomic mass is 9.53. The maximum absolute atomic E-state index is 10.2. The molecule has 2 bridgehead atoms. The molecule has 0 saturated heterocycles. The van der Waals surface area contributed by atoms with Crippen LogP contribution in [0, 0.1) is 10.8 Å². The number of hydrogen-bond acceptors (Lipinski definition) is 2. The molecule has 0 spiro atoms. The molecule has 0 aromatic heterocycles. The quantitative estimate of drug-likeness (QED) is 0.601. The molecule has 13 heavy (non-hydrogen) atoms. The molecular formula is C11H20O2. The first-order chi connectivity index (χ1) is 5.99. The van der Waals surface area contributed by atoms with Crippen LogP contribution < -0.4 is 0 Å². The Morgan fingerprint density at radius 2 is 1.77 bits per heavy atom. The van der Waals surface area contributed by atoms with E-state index in [-0.39, 0.29) is 23.0 Å². The molecule has 2 nitrogen and oxygen atoms in total. The molecule has 76 valence electrons. The van der Waals surface area contributed by atoms with E-state index in [0.29, 0.717) is 0 Å². The van der Waals surface area contributed by atoms with Crippen molar-refractivity contribution in [2.24, 2.45) is 10.8 Å². The van der Waals surface area contributed by atoms with Gasteiger partial charge in [0.25, 0.3) is 0 Å². The van der Waals surface area contributed by atoms with E-state index in [1.165, 1.54) is 0 Å². The molecule has 2 heteroatoms. The molecule has 0 amide bonds. The molecule has 4 atom stereocenters. The zero-order valence-electron chi connectivity index (χ0n) is 8.58. The second kappa shape index (κ2) is 2.71. The summed E-state index contributed by atoms with van der Waals surface area (Å²) >= 11 is 0. The van der Waals surface area contributed by atoms with Crippen molar-refractivity contribution in [2.75, 3.05) is 0 Å². The molecule has 0 radical (unpaired) electrons. The number of fused-ring (bicyclic) bond motifs is 2. The molecule has 0 aromatic carbocycles. The summed E-state index contributed by atoms with van der Waals surface area (Å²) in [7, 11) is 0. The second-order valence-corrected chi connectivity index (χ2v) is 5.47. The number of aliphatic hydroxyl groups excluding tert-OH is 2. The van der Waals surface area contributed by atoms with E-state index in [9.17, 15) is 10.2 Å². The SMILES string of the molecule is C[C@]12CCC[C@](C)(C(O)CC1)[C@H]2O. The molecule has 2 fully saturated rings. The summed E-state index contributed by atoms with van der Waals surface area (Å²) in [6.45, 7) is 4.21. The molecule has 2 rings (SSSR count). The van der Waals surface area contributed by atoms with Gasteiger partial charge in [-0.3, -0.25) is 0 Å². The smallest absolute Gasteiger partial charge is 0.0671 e. The largest absolute Gasteiger partial charge is 0.392 e. The molecule has 1 unspecified atom stereocenters. The Bertz CT molecular complexity index is 216. The minimum atomic E-state index is -0.308. The average Bonchev–Trinajstić information content (AvgIpc) is 2.08. The molecule has 2 aliphatic rings. The Labute approximate surface area is 80.0 Å². The first kappa shape index (κ1) is 9.47. The molecule has 2 aliphatic carbocycles. The fraction of sp³-hybridized carbons (Fsp3) is 1.00. The van der Waals surface area contributed by atoms with E-state index in [4.69, 9.17) is 0 Å². The summed E-state index contributed by atoms with van der Waals surface area (Å²) in [5.74, 6) is 0. The maximum atomic E-state index is 10.2. The van der Waals surface area contributed by atoms with Crippen molar-refractivity contribution in [3.63, 3.8) is 0 Å². The van der Waals surface area contributed by atoms with Crippen LogP contribution >= 0.6 is 0 Å². The lowest BCUT2D eigenvalue weighted by molar-refractivity contribution is -0.179. The predicted octanol–water partition coefficient (Wildman–Crippen LogP) is 1.70. The van der Waals surface area contributed by atoms with E-state index in [2.05, 4.69) is 6.92 Å². The van der Waals surface area contributed by atoms with E-state index in [0.717, 1.165) is 32.1 Å². The van der Waals surface area contributed by atoms with Gasteiger partial charge in [-0.15, -0.1) is 0 Å². The van der Waals surface area contributed by atoms with Crippen molar-refractivity contribution in [1.82, 2.24) is 0 Å². The summed E-state index contributed by atoms with van der Waals surface area (Å²) in [6.07, 6.45) is 4.49. The van der Waals surface area contributed by atoms with Crippen LogP contribution in [0.4, 0.5) is 0 Å². The van der Waals surface area contributed by atoms with Gasteiger partial charge in [-0.2, -0.15) is 0 Å². The fourth-order valence-corrected chi connectivity index (χ4v) is 3.35. The average molecular weight is 184 g/mol. The van der Waals surface area contributed by atoms with Crippen LogP contribution in [0.1, 0.15) is 46.0 Å². The molecule has 2 saturated carbocycles. The van der Waals surface area contributed by atoms with Gasteiger partial charge in [0.05, 0.1) is 12.2 Å². The summed E-state index contributed by atoms with van der Waals surface area (Å²) in [5.41, 5.74) is -0.155. The molecule has 0 aromatic rings. The van der Waals surface area contributed by atoms with Gasteiger partial charge >= 0.3 is 0 Å². The zero-order valence-corrected chi connectivity index (χ0v) is 8.58. The Morgan fingerprint density at radius 3 is 2.38 bits per heavy atom. The summed E-state index contributed by atoms with van der Waals surface area (Å²) in [5, 5.41) is 20.1. The minimum absolute atomic E-state index is 0.0756. The molecule has 2 N–H and O–H groups in total. The third-order valence-corrected chi connectivity index (χ3v) is 4.50. The summed E-state index contributed by atoms with van der Waals surface area (Å²) in [6, 6.07) is 0. The van der Waals surface area contributed by atoms with E-state index < -0.39 is 0 Å². The zero-order chi connectivity index (χ0) is 9.69. The van der Waals surface area contributed by atoms with Crippen molar-refractivity contribution >= 4 is 0 Å². The van der Waals surface area contributed by atoms with Crippen LogP contribution in [-0.4, -0.2) is 22.4 Å². The van der Waals surface area contributed by atoms with Crippen molar-refractivity contribution in [3.8, 4) is 0 Å². The van der Waals surface area contributed by atoms with Crippen molar-refractivity contribution < 1.29 is 10.2 Å². The van der Waals surface area contributed by atoms with Gasteiger partial charge in [-0.25, -0.2) is 0 Å². The monoisotopic (exact) mass is 184 g/mol. The summed E-state index contributed by atoms with van der Waals surface area (Å²) < 4.78 is 0. The third kappa shape index (κ3) is 1.15. The Kier molecular flexibility index (Phi) is 1.97. The van der Waals surface area contributed by atoms with Crippen molar-refractivity contribution in [3.05, 3.63) is 0 Å². The van der Waals surface area contributed by atoms with Gasteiger partial charge in [-0.1, -0.05) is 20.3 Å². The van der Waals surface area contributed by atoms with Crippen LogP contribution in [0.3, 0.4) is 0 Å². The fourth-order valence-electron chi connectivity index (χ4n) is 3.35. The highest BCUT2D eigenvalue weighted by molar-refractivity contribution is 5.05. The highest BCUT2D eigenvalue weighted by Crippen LogP contribution is 2.55. The van der Waals surface area contributed by atoms with E-state index in [1.807, 2.05) is 6.92 Å². The van der Waals surface area contributed by atoms with Gasteiger partial charge in [0.2, 0.25) is 0 Å². The highest BCUT2D eigenvalue weighted by Gasteiger charge is 2.54. The van der Waals surface area contributed by atoms with Gasteiger partial charge in [0, 0.05) is 5.41 Å². The lowest BCUT2D eigenvalue weighted by Gasteiger charge is -2.55. The van der Waals surface area contributed by atoms with E-state index >= 15 is 0 Å². The van der Waals surface area contributed by atoms with Crippen molar-refractivity contribution in [1.29, 1.82) is 0 Å². The second-order valence-electron chi connectivity index (χ2n) is 5.47. The first-order valence-corrected chi connectivity index (χ1v) is 5.35. The van der Waals surface area contributed by atoms with Crippen LogP contribution in [0.2, 0.25) is 0 Å². The van der Waals surface area contributed by atoms with E-state index in [1.54, 1.807) is 0 Å². The van der Waals surface area contributed by atoms with Crippen LogP contribution in [0.5, 0.6) is 0 Å². The molecular weight excluding hydrogens is 164 g/mol. The topological polar surface area (TPSA) is 40.5 Å². The van der Waals surface area contributed by atoms with Crippen molar-refractivity contribution in [2.45, 2.75) is 58.2 Å². The first-order valence-electron chi connectivity index (χ1n) is 5.35. The normalized spacial score (nSPS) is 56.3. The molecule has 0 aliphatic heterocycles.